The van der Waals surface area contributed by atoms with Crippen molar-refractivity contribution < 1.29 is 26.3 Å². The van der Waals surface area contributed by atoms with E-state index in [0.29, 0.717) is 5.69 Å². The summed E-state index contributed by atoms with van der Waals surface area (Å²) in [5, 5.41) is 9.64. The maximum absolute atomic E-state index is 13.5. The molecule has 0 amide bonds. The van der Waals surface area contributed by atoms with E-state index in [1.807, 2.05) is 0 Å². The average Bonchev–Trinajstić information content (AvgIpc) is 3.11. The molecule has 14 heteroatoms. The highest BCUT2D eigenvalue weighted by Crippen LogP contribution is 2.37. The van der Waals surface area contributed by atoms with Gasteiger partial charge in [0.05, 0.1) is 29.7 Å². The largest absolute Gasteiger partial charge is 0.416 e. The minimum atomic E-state index is -4.83. The van der Waals surface area contributed by atoms with Crippen LogP contribution in [-0.2, 0) is 25.7 Å². The molecule has 1 aromatic carbocycles. The molecule has 34 heavy (non-hydrogen) atoms. The van der Waals surface area contributed by atoms with Gasteiger partial charge in [0.25, 0.3) is 5.56 Å². The summed E-state index contributed by atoms with van der Waals surface area (Å²) in [5.74, 6) is 0. The maximum atomic E-state index is 13.5. The van der Waals surface area contributed by atoms with Gasteiger partial charge in [-0.1, -0.05) is 29.8 Å². The lowest BCUT2D eigenvalue weighted by atomic mass is 10.0. The number of rotatable bonds is 4. The van der Waals surface area contributed by atoms with Gasteiger partial charge >= 0.3 is 12.4 Å². The maximum Gasteiger partial charge on any atom is 0.416 e. The molecule has 182 valence electrons. The predicted octanol–water partition coefficient (Wildman–Crippen LogP) is 3.81. The molecule has 3 N–H and O–H groups in total. The molecular formula is C20H17ClF6N6O. The van der Waals surface area contributed by atoms with E-state index >= 15 is 0 Å². The standard InChI is InChI=1S/C20H17ClF6N6O/c21-15-14(7-29-30-18(15)34)32-6-5-13-11(9-32)16(17(28)20(25,26)27)31-33(13)8-10-3-1-2-4-12(10)19(22,23)24/h1-4,7,17H,5-6,8-9,28H2,(H,30,34)/t17-/m0/s1. The van der Waals surface area contributed by atoms with Gasteiger partial charge in [0.1, 0.15) is 11.1 Å². The van der Waals surface area contributed by atoms with E-state index in [1.165, 1.54) is 24.4 Å². The van der Waals surface area contributed by atoms with Crippen LogP contribution >= 0.6 is 11.6 Å². The van der Waals surface area contributed by atoms with Crippen molar-refractivity contribution in [1.82, 2.24) is 20.0 Å². The Kier molecular flexibility index (Phi) is 6.10. The third kappa shape index (κ3) is 4.49. The van der Waals surface area contributed by atoms with Crippen molar-refractivity contribution in [3.05, 3.63) is 73.9 Å². The number of halogens is 7. The van der Waals surface area contributed by atoms with Gasteiger partial charge in [0.2, 0.25) is 0 Å². The number of aromatic amines is 1. The molecule has 1 aliphatic rings. The van der Waals surface area contributed by atoms with Crippen LogP contribution in [0.15, 0.2) is 35.3 Å². The van der Waals surface area contributed by atoms with Crippen LogP contribution in [0.1, 0.15) is 34.1 Å². The number of hydrogen-bond donors (Lipinski definition) is 2. The van der Waals surface area contributed by atoms with E-state index in [4.69, 9.17) is 17.3 Å². The van der Waals surface area contributed by atoms with Crippen molar-refractivity contribution in [2.24, 2.45) is 5.73 Å². The summed E-state index contributed by atoms with van der Waals surface area (Å²) in [6.07, 6.45) is -8.08. The fourth-order valence-electron chi connectivity index (χ4n) is 3.95. The lowest BCUT2D eigenvalue weighted by Gasteiger charge is -2.30. The van der Waals surface area contributed by atoms with Crippen LogP contribution in [0.4, 0.5) is 32.0 Å². The third-order valence-electron chi connectivity index (χ3n) is 5.57. The highest BCUT2D eigenvalue weighted by Gasteiger charge is 2.43. The second-order valence-electron chi connectivity index (χ2n) is 7.71. The van der Waals surface area contributed by atoms with Gasteiger partial charge in [-0.05, 0) is 11.6 Å². The van der Waals surface area contributed by atoms with Crippen LogP contribution < -0.4 is 16.2 Å². The van der Waals surface area contributed by atoms with Gasteiger partial charge in [0.15, 0.2) is 0 Å². The summed E-state index contributed by atoms with van der Waals surface area (Å²) in [5.41, 5.74) is 3.90. The zero-order valence-corrected chi connectivity index (χ0v) is 18.0. The normalized spacial score (nSPS) is 15.4. The number of anilines is 1. The lowest BCUT2D eigenvalue weighted by molar-refractivity contribution is -0.150. The van der Waals surface area contributed by atoms with Crippen molar-refractivity contribution in [3.8, 4) is 0 Å². The Bertz CT molecular complexity index is 1270. The Labute approximate surface area is 193 Å². The average molecular weight is 507 g/mol. The van der Waals surface area contributed by atoms with E-state index in [0.717, 1.165) is 10.7 Å². The third-order valence-corrected chi connectivity index (χ3v) is 5.94. The Morgan fingerprint density at radius 3 is 2.56 bits per heavy atom. The zero-order valence-electron chi connectivity index (χ0n) is 17.2. The van der Waals surface area contributed by atoms with E-state index in [-0.39, 0.29) is 41.3 Å². The molecule has 1 aliphatic heterocycles. The van der Waals surface area contributed by atoms with Gasteiger partial charge in [0, 0.05) is 30.8 Å². The molecule has 0 unspecified atom stereocenters. The van der Waals surface area contributed by atoms with E-state index < -0.39 is 41.8 Å². The number of nitrogens with one attached hydrogen (secondary N) is 1. The molecule has 0 saturated heterocycles. The first-order chi connectivity index (χ1) is 15.9. The topological polar surface area (TPSA) is 92.8 Å². The molecule has 2 aromatic heterocycles. The fourth-order valence-corrected chi connectivity index (χ4v) is 4.16. The summed E-state index contributed by atoms with van der Waals surface area (Å²) >= 11 is 6.04. The quantitative estimate of drug-likeness (QED) is 0.525. The molecule has 7 nitrogen and oxygen atoms in total. The number of alkyl halides is 6. The molecule has 0 aliphatic carbocycles. The second-order valence-corrected chi connectivity index (χ2v) is 8.09. The van der Waals surface area contributed by atoms with Crippen LogP contribution in [-0.4, -0.2) is 32.7 Å². The molecule has 1 atom stereocenters. The highest BCUT2D eigenvalue weighted by molar-refractivity contribution is 6.33. The van der Waals surface area contributed by atoms with Crippen LogP contribution in [0.2, 0.25) is 5.02 Å². The number of fused-ring (bicyclic) bond motifs is 1. The molecule has 0 saturated carbocycles. The lowest BCUT2D eigenvalue weighted by Crippen LogP contribution is -2.35. The van der Waals surface area contributed by atoms with Crippen LogP contribution in [0.3, 0.4) is 0 Å². The van der Waals surface area contributed by atoms with Crippen molar-refractivity contribution >= 4 is 17.3 Å². The number of hydrogen-bond acceptors (Lipinski definition) is 5. The second kappa shape index (κ2) is 8.62. The minimum absolute atomic E-state index is 0.122. The highest BCUT2D eigenvalue weighted by atomic mass is 35.5. The number of nitrogens with zero attached hydrogens (tertiary/aromatic N) is 4. The molecule has 3 aromatic rings. The Hall–Kier alpha value is -3.06. The summed E-state index contributed by atoms with van der Waals surface area (Å²) in [7, 11) is 0. The fraction of sp³-hybridized carbons (Fsp3) is 0.350. The van der Waals surface area contributed by atoms with Crippen LogP contribution in [0.5, 0.6) is 0 Å². The first kappa shape index (κ1) is 24.1. The van der Waals surface area contributed by atoms with Gasteiger partial charge in [-0.25, -0.2) is 5.10 Å². The number of H-pyrrole nitrogens is 1. The van der Waals surface area contributed by atoms with Crippen molar-refractivity contribution in [3.63, 3.8) is 0 Å². The van der Waals surface area contributed by atoms with Crippen LogP contribution in [0, 0.1) is 0 Å². The summed E-state index contributed by atoms with van der Waals surface area (Å²) in [4.78, 5) is 13.4. The van der Waals surface area contributed by atoms with E-state index in [2.05, 4.69) is 15.3 Å². The van der Waals surface area contributed by atoms with Crippen molar-refractivity contribution in [2.45, 2.75) is 37.9 Å². The summed E-state index contributed by atoms with van der Waals surface area (Å²) < 4.78 is 81.9. The van der Waals surface area contributed by atoms with Crippen LogP contribution in [0.25, 0.3) is 0 Å². The van der Waals surface area contributed by atoms with Gasteiger partial charge in [-0.2, -0.15) is 36.5 Å². The molecule has 0 spiro atoms. The first-order valence-electron chi connectivity index (χ1n) is 9.92. The first-order valence-corrected chi connectivity index (χ1v) is 10.3. The smallest absolute Gasteiger partial charge is 0.364 e. The summed E-state index contributed by atoms with van der Waals surface area (Å²) in [6.45, 7) is -0.318. The Balaban J connectivity index is 1.78. The molecular weight excluding hydrogens is 490 g/mol. The SMILES string of the molecule is N[C@@H](c1nn(Cc2ccccc2C(F)(F)F)c2c1CN(c1cn[nH]c(=O)c1Cl)CC2)C(F)(F)F. The van der Waals surface area contributed by atoms with E-state index in [9.17, 15) is 31.1 Å². The summed E-state index contributed by atoms with van der Waals surface area (Å²) in [6, 6.07) is 2.33. The minimum Gasteiger partial charge on any atom is -0.364 e. The molecule has 0 bridgehead atoms. The van der Waals surface area contributed by atoms with Gasteiger partial charge in [-0.3, -0.25) is 9.48 Å². The number of aromatic nitrogens is 4. The number of nitrogens with two attached hydrogens (primary N) is 1. The molecule has 0 fully saturated rings. The Morgan fingerprint density at radius 1 is 1.18 bits per heavy atom. The number of benzene rings is 1. The zero-order chi connectivity index (χ0) is 24.8. The molecule has 3 heterocycles. The van der Waals surface area contributed by atoms with E-state index in [1.54, 1.807) is 4.90 Å². The monoisotopic (exact) mass is 506 g/mol. The molecule has 4 rings (SSSR count). The van der Waals surface area contributed by atoms with Crippen molar-refractivity contribution in [1.29, 1.82) is 0 Å². The molecule has 0 radical (unpaired) electrons. The Morgan fingerprint density at radius 2 is 1.88 bits per heavy atom. The predicted molar refractivity (Wildman–Crippen MR) is 110 cm³/mol. The van der Waals surface area contributed by atoms with Crippen molar-refractivity contribution in [2.75, 3.05) is 11.4 Å². The van der Waals surface area contributed by atoms with Gasteiger partial charge in [-0.15, -0.1) is 0 Å². The van der Waals surface area contributed by atoms with Gasteiger partial charge < -0.3 is 10.6 Å².